The molecule has 1 aromatic rings. The van der Waals surface area contributed by atoms with Crippen molar-refractivity contribution in [2.24, 2.45) is 0 Å². The third kappa shape index (κ3) is 3.88. The van der Waals surface area contributed by atoms with Crippen LogP contribution in [0.1, 0.15) is 19.8 Å². The Kier molecular flexibility index (Phi) is 5.07. The van der Waals surface area contributed by atoms with Gasteiger partial charge >= 0.3 is 0 Å². The summed E-state index contributed by atoms with van der Waals surface area (Å²) in [6, 6.07) is 4.03. The van der Waals surface area contributed by atoms with Gasteiger partial charge in [0.25, 0.3) is 5.69 Å². The van der Waals surface area contributed by atoms with Gasteiger partial charge in [0.05, 0.1) is 21.3 Å². The molecule has 0 bridgehead atoms. The van der Waals surface area contributed by atoms with Crippen LogP contribution in [0, 0.1) is 10.1 Å². The van der Waals surface area contributed by atoms with Crippen LogP contribution in [0.3, 0.4) is 0 Å². The smallest absolute Gasteiger partial charge is 0.258 e. The second-order valence-electron chi connectivity index (χ2n) is 5.42. The molecule has 8 nitrogen and oxygen atoms in total. The predicted octanol–water partition coefficient (Wildman–Crippen LogP) is 1.18. The van der Waals surface area contributed by atoms with Gasteiger partial charge in [-0.1, -0.05) is 6.92 Å². The summed E-state index contributed by atoms with van der Waals surface area (Å²) in [6.07, 6.45) is 0.817. The molecule has 1 fully saturated rings. The molecule has 0 radical (unpaired) electrons. The van der Waals surface area contributed by atoms with Crippen molar-refractivity contribution >= 4 is 25.5 Å². The van der Waals surface area contributed by atoms with Crippen molar-refractivity contribution in [1.29, 1.82) is 0 Å². The van der Waals surface area contributed by atoms with E-state index in [9.17, 15) is 26.9 Å². The Morgan fingerprint density at radius 1 is 1.30 bits per heavy atom. The molecule has 0 saturated carbocycles. The number of sulfone groups is 1. The minimum absolute atomic E-state index is 0.0202. The zero-order chi connectivity index (χ0) is 17.3. The lowest BCUT2D eigenvalue weighted by molar-refractivity contribution is -0.384. The molecule has 10 heteroatoms. The molecule has 2 rings (SSSR count). The standard InChI is InChI=1S/C13H18N2O6S2/c1-2-8-14(12-7-9-22(18,19)10-12)23(20,21)13-5-3-11(4-6-13)15(16)17/h3-6,12H,2,7-10H2,1H3/t12-/m1/s1. The molecule has 0 amide bonds. The molecule has 1 saturated heterocycles. The molecule has 1 aromatic carbocycles. The Hall–Kier alpha value is -1.52. The van der Waals surface area contributed by atoms with Gasteiger partial charge in [-0.05, 0) is 25.0 Å². The summed E-state index contributed by atoms with van der Waals surface area (Å²) in [7, 11) is -7.11. The zero-order valence-corrected chi connectivity index (χ0v) is 14.2. The summed E-state index contributed by atoms with van der Waals surface area (Å²) in [6.45, 7) is 2.02. The third-order valence-electron chi connectivity index (χ3n) is 3.71. The van der Waals surface area contributed by atoms with Crippen molar-refractivity contribution in [1.82, 2.24) is 4.31 Å². The monoisotopic (exact) mass is 362 g/mol. The molecule has 128 valence electrons. The van der Waals surface area contributed by atoms with Crippen molar-refractivity contribution in [3.63, 3.8) is 0 Å². The van der Waals surface area contributed by atoms with Gasteiger partial charge in [0.2, 0.25) is 10.0 Å². The Labute approximate surface area is 135 Å². The molecule has 0 aliphatic carbocycles. The number of nitro benzene ring substituents is 1. The highest BCUT2D eigenvalue weighted by Gasteiger charge is 2.38. The van der Waals surface area contributed by atoms with Crippen LogP contribution < -0.4 is 0 Å². The van der Waals surface area contributed by atoms with Crippen LogP contribution >= 0.6 is 0 Å². The van der Waals surface area contributed by atoms with E-state index in [2.05, 4.69) is 0 Å². The van der Waals surface area contributed by atoms with Crippen LogP contribution in [0.4, 0.5) is 5.69 Å². The third-order valence-corrected chi connectivity index (χ3v) is 7.43. The Morgan fingerprint density at radius 2 is 1.91 bits per heavy atom. The van der Waals surface area contributed by atoms with Gasteiger partial charge < -0.3 is 0 Å². The van der Waals surface area contributed by atoms with Crippen molar-refractivity contribution in [3.05, 3.63) is 34.4 Å². The highest BCUT2D eigenvalue weighted by atomic mass is 32.2. The molecule has 0 spiro atoms. The van der Waals surface area contributed by atoms with Crippen LogP contribution in [0.25, 0.3) is 0 Å². The largest absolute Gasteiger partial charge is 0.269 e. The van der Waals surface area contributed by atoms with E-state index < -0.39 is 30.8 Å². The number of hydrogen-bond acceptors (Lipinski definition) is 6. The summed E-state index contributed by atoms with van der Waals surface area (Å²) in [5.74, 6) is -0.202. The van der Waals surface area contributed by atoms with Crippen LogP contribution in [0.5, 0.6) is 0 Å². The number of rotatable bonds is 6. The number of nitrogens with zero attached hydrogens (tertiary/aromatic N) is 2. The average Bonchev–Trinajstić information content (AvgIpc) is 2.84. The first-order chi connectivity index (χ1) is 10.7. The SMILES string of the molecule is CCCN([C@@H]1CCS(=O)(=O)C1)S(=O)(=O)c1ccc([N+](=O)[O-])cc1. The summed E-state index contributed by atoms with van der Waals surface area (Å²) in [5, 5.41) is 10.7. The second-order valence-corrected chi connectivity index (χ2v) is 9.54. The van der Waals surface area contributed by atoms with Crippen LogP contribution in [-0.4, -0.2) is 50.2 Å². The Morgan fingerprint density at radius 3 is 2.35 bits per heavy atom. The fourth-order valence-electron chi connectivity index (χ4n) is 2.60. The van der Waals surface area contributed by atoms with E-state index in [-0.39, 0.29) is 35.1 Å². The maximum absolute atomic E-state index is 12.8. The van der Waals surface area contributed by atoms with Gasteiger partial charge in [-0.2, -0.15) is 4.31 Å². The van der Waals surface area contributed by atoms with Crippen molar-refractivity contribution < 1.29 is 21.8 Å². The highest BCUT2D eigenvalue weighted by molar-refractivity contribution is 7.92. The first kappa shape index (κ1) is 17.8. The Bertz CT molecular complexity index is 786. The first-order valence-electron chi connectivity index (χ1n) is 7.14. The maximum atomic E-state index is 12.8. The van der Waals surface area contributed by atoms with Gasteiger partial charge in [-0.3, -0.25) is 10.1 Å². The molecular formula is C13H18N2O6S2. The van der Waals surface area contributed by atoms with E-state index in [1.807, 2.05) is 6.92 Å². The van der Waals surface area contributed by atoms with E-state index in [4.69, 9.17) is 0 Å². The fraction of sp³-hybridized carbons (Fsp3) is 0.538. The van der Waals surface area contributed by atoms with Gasteiger partial charge in [0.15, 0.2) is 9.84 Å². The quantitative estimate of drug-likeness (QED) is 0.554. The summed E-state index contributed by atoms with van der Waals surface area (Å²) in [4.78, 5) is 9.98. The second kappa shape index (κ2) is 6.54. The molecule has 23 heavy (non-hydrogen) atoms. The summed E-state index contributed by atoms with van der Waals surface area (Å²) >= 11 is 0. The van der Waals surface area contributed by atoms with Crippen molar-refractivity contribution in [2.75, 3.05) is 18.1 Å². The minimum Gasteiger partial charge on any atom is -0.258 e. The lowest BCUT2D eigenvalue weighted by Gasteiger charge is -2.26. The molecule has 1 atom stereocenters. The topological polar surface area (TPSA) is 115 Å². The van der Waals surface area contributed by atoms with E-state index in [1.165, 1.54) is 16.4 Å². The average molecular weight is 362 g/mol. The molecule has 0 unspecified atom stereocenters. The molecule has 1 heterocycles. The molecule has 0 N–H and O–H groups in total. The first-order valence-corrected chi connectivity index (χ1v) is 10.4. The maximum Gasteiger partial charge on any atom is 0.269 e. The van der Waals surface area contributed by atoms with E-state index in [1.54, 1.807) is 0 Å². The van der Waals surface area contributed by atoms with Crippen molar-refractivity contribution in [2.45, 2.75) is 30.7 Å². The van der Waals surface area contributed by atoms with Gasteiger partial charge in [0.1, 0.15) is 0 Å². The van der Waals surface area contributed by atoms with E-state index >= 15 is 0 Å². The van der Waals surface area contributed by atoms with Gasteiger partial charge in [-0.15, -0.1) is 0 Å². The van der Waals surface area contributed by atoms with E-state index in [0.717, 1.165) is 12.1 Å². The van der Waals surface area contributed by atoms with Crippen LogP contribution in [0.2, 0.25) is 0 Å². The number of non-ortho nitro benzene ring substituents is 1. The van der Waals surface area contributed by atoms with Crippen molar-refractivity contribution in [3.8, 4) is 0 Å². The number of nitro groups is 1. The lowest BCUT2D eigenvalue weighted by Crippen LogP contribution is -2.41. The predicted molar refractivity (Wildman–Crippen MR) is 84.3 cm³/mol. The number of hydrogen-bond donors (Lipinski definition) is 0. The van der Waals surface area contributed by atoms with Crippen LogP contribution in [-0.2, 0) is 19.9 Å². The Balaban J connectivity index is 2.35. The number of sulfonamides is 1. The molecule has 1 aliphatic heterocycles. The molecule has 1 aliphatic rings. The van der Waals surface area contributed by atoms with E-state index in [0.29, 0.717) is 6.42 Å². The van der Waals surface area contributed by atoms with Gasteiger partial charge in [0, 0.05) is 24.7 Å². The number of benzene rings is 1. The minimum atomic E-state index is -3.89. The van der Waals surface area contributed by atoms with Crippen LogP contribution in [0.15, 0.2) is 29.2 Å². The summed E-state index contributed by atoms with van der Waals surface area (Å²) < 4.78 is 50.0. The fourth-order valence-corrected chi connectivity index (χ4v) is 6.17. The lowest BCUT2D eigenvalue weighted by atomic mass is 10.2. The summed E-state index contributed by atoms with van der Waals surface area (Å²) in [5.41, 5.74) is -0.200. The normalized spacial score (nSPS) is 20.7. The zero-order valence-electron chi connectivity index (χ0n) is 12.6. The molecular weight excluding hydrogens is 344 g/mol. The van der Waals surface area contributed by atoms with Gasteiger partial charge in [-0.25, -0.2) is 16.8 Å². The molecule has 0 aromatic heterocycles. The highest BCUT2D eigenvalue weighted by Crippen LogP contribution is 2.26.